The summed E-state index contributed by atoms with van der Waals surface area (Å²) in [7, 11) is 0. The Labute approximate surface area is 142 Å². The van der Waals surface area contributed by atoms with Gasteiger partial charge in [-0.1, -0.05) is 12.1 Å². The monoisotopic (exact) mass is 335 g/mol. The number of piperidine rings is 1. The minimum atomic E-state index is -0.397. The Bertz CT molecular complexity index is 541. The fourth-order valence-electron chi connectivity index (χ4n) is 3.37. The van der Waals surface area contributed by atoms with E-state index in [4.69, 9.17) is 4.74 Å². The molecular weight excluding hydrogens is 309 g/mol. The van der Waals surface area contributed by atoms with E-state index in [-0.39, 0.29) is 11.7 Å². The van der Waals surface area contributed by atoms with E-state index in [0.717, 1.165) is 58.8 Å². The van der Waals surface area contributed by atoms with Crippen molar-refractivity contribution in [3.05, 3.63) is 30.1 Å². The van der Waals surface area contributed by atoms with E-state index in [9.17, 15) is 9.18 Å². The van der Waals surface area contributed by atoms with Gasteiger partial charge in [0, 0.05) is 26.2 Å². The average molecular weight is 335 g/mol. The average Bonchev–Trinajstić information content (AvgIpc) is 2.63. The number of carbonyl (C=O) groups excluding carboxylic acids is 1. The zero-order valence-corrected chi connectivity index (χ0v) is 14.0. The lowest BCUT2D eigenvalue weighted by Gasteiger charge is -2.34. The summed E-state index contributed by atoms with van der Waals surface area (Å²) in [5.74, 6) is 0.275. The summed E-state index contributed by atoms with van der Waals surface area (Å²) >= 11 is 0. The highest BCUT2D eigenvalue weighted by atomic mass is 19.1. The Morgan fingerprint density at radius 2 is 1.88 bits per heavy atom. The lowest BCUT2D eigenvalue weighted by Crippen LogP contribution is -2.42. The molecule has 2 aliphatic heterocycles. The van der Waals surface area contributed by atoms with Crippen molar-refractivity contribution >= 4 is 11.7 Å². The first-order valence-corrected chi connectivity index (χ1v) is 8.83. The van der Waals surface area contributed by atoms with Crippen molar-refractivity contribution < 1.29 is 13.9 Å². The topological polar surface area (TPSA) is 44.8 Å². The van der Waals surface area contributed by atoms with Crippen molar-refractivity contribution in [1.29, 1.82) is 0 Å². The molecule has 2 aliphatic rings. The number of ether oxygens (including phenoxy) is 1. The third-order valence-electron chi connectivity index (χ3n) is 4.97. The van der Waals surface area contributed by atoms with Gasteiger partial charge in [-0.3, -0.25) is 4.90 Å². The van der Waals surface area contributed by atoms with Crippen LogP contribution < -0.4 is 5.32 Å². The summed E-state index contributed by atoms with van der Waals surface area (Å²) < 4.78 is 19.0. The van der Waals surface area contributed by atoms with Gasteiger partial charge < -0.3 is 15.0 Å². The van der Waals surface area contributed by atoms with Gasteiger partial charge in [-0.15, -0.1) is 0 Å². The smallest absolute Gasteiger partial charge is 0.321 e. The molecule has 3 rings (SSSR count). The number of para-hydroxylation sites is 1. The number of carbonyl (C=O) groups is 1. The summed E-state index contributed by atoms with van der Waals surface area (Å²) in [6, 6.07) is 6.07. The number of hydrogen-bond donors (Lipinski definition) is 1. The summed E-state index contributed by atoms with van der Waals surface area (Å²) in [5, 5.41) is 2.67. The van der Waals surface area contributed by atoms with Crippen LogP contribution in [0.25, 0.3) is 0 Å². The molecule has 0 saturated carbocycles. The van der Waals surface area contributed by atoms with Gasteiger partial charge in [0.15, 0.2) is 0 Å². The van der Waals surface area contributed by atoms with Crippen LogP contribution in [0.5, 0.6) is 0 Å². The number of anilines is 1. The van der Waals surface area contributed by atoms with Gasteiger partial charge in [0.05, 0.1) is 18.9 Å². The minimum Gasteiger partial charge on any atom is -0.379 e. The molecular formula is C18H26FN3O2. The fourth-order valence-corrected chi connectivity index (χ4v) is 3.37. The molecule has 0 bridgehead atoms. The Balaban J connectivity index is 1.39. The van der Waals surface area contributed by atoms with E-state index in [2.05, 4.69) is 10.2 Å². The Morgan fingerprint density at radius 1 is 1.17 bits per heavy atom. The van der Waals surface area contributed by atoms with Crippen molar-refractivity contribution in [2.24, 2.45) is 5.92 Å². The number of likely N-dealkylation sites (tertiary alicyclic amines) is 1. The molecule has 2 fully saturated rings. The zero-order valence-electron chi connectivity index (χ0n) is 14.0. The predicted octanol–water partition coefficient (Wildman–Crippen LogP) is 2.79. The molecule has 0 aliphatic carbocycles. The normalized spacial score (nSPS) is 20.1. The number of morpholine rings is 1. The maximum Gasteiger partial charge on any atom is 0.321 e. The lowest BCUT2D eigenvalue weighted by atomic mass is 9.93. The molecule has 2 amide bonds. The number of benzene rings is 1. The third kappa shape index (κ3) is 4.68. The van der Waals surface area contributed by atoms with E-state index in [1.54, 1.807) is 23.1 Å². The molecule has 1 aromatic carbocycles. The van der Waals surface area contributed by atoms with Crippen molar-refractivity contribution in [2.45, 2.75) is 19.3 Å². The quantitative estimate of drug-likeness (QED) is 0.920. The van der Waals surface area contributed by atoms with E-state index in [0.29, 0.717) is 5.92 Å². The maximum absolute atomic E-state index is 13.6. The van der Waals surface area contributed by atoms with Crippen LogP contribution in [-0.2, 0) is 4.74 Å². The number of hydrogen-bond acceptors (Lipinski definition) is 3. The van der Waals surface area contributed by atoms with Crippen molar-refractivity contribution in [3.63, 3.8) is 0 Å². The second-order valence-electron chi connectivity index (χ2n) is 6.58. The second kappa shape index (κ2) is 8.44. The summed E-state index contributed by atoms with van der Waals surface area (Å²) in [6.45, 7) is 6.36. The summed E-state index contributed by atoms with van der Waals surface area (Å²) in [5.41, 5.74) is 0.247. The van der Waals surface area contributed by atoms with E-state index in [1.807, 2.05) is 0 Å². The van der Waals surface area contributed by atoms with Gasteiger partial charge in [0.25, 0.3) is 0 Å². The summed E-state index contributed by atoms with van der Waals surface area (Å²) in [6.07, 6.45) is 3.23. The molecule has 0 unspecified atom stereocenters. The van der Waals surface area contributed by atoms with Crippen LogP contribution in [0.3, 0.4) is 0 Å². The van der Waals surface area contributed by atoms with Crippen LogP contribution in [0, 0.1) is 11.7 Å². The number of halogens is 1. The van der Waals surface area contributed by atoms with Crippen LogP contribution >= 0.6 is 0 Å². The number of amides is 2. The first kappa shape index (κ1) is 17.2. The Hall–Kier alpha value is -1.66. The van der Waals surface area contributed by atoms with E-state index < -0.39 is 5.82 Å². The molecule has 5 nitrogen and oxygen atoms in total. The van der Waals surface area contributed by atoms with Crippen LogP contribution in [0.1, 0.15) is 19.3 Å². The fraction of sp³-hybridized carbons (Fsp3) is 0.611. The number of rotatable bonds is 4. The number of nitrogens with one attached hydrogen (secondary N) is 1. The zero-order chi connectivity index (χ0) is 16.8. The van der Waals surface area contributed by atoms with Gasteiger partial charge in [-0.25, -0.2) is 9.18 Å². The van der Waals surface area contributed by atoms with Gasteiger partial charge in [0.2, 0.25) is 0 Å². The molecule has 0 spiro atoms. The van der Waals surface area contributed by atoms with Crippen molar-refractivity contribution in [3.8, 4) is 0 Å². The van der Waals surface area contributed by atoms with Crippen LogP contribution in [0.2, 0.25) is 0 Å². The highest BCUT2D eigenvalue weighted by molar-refractivity contribution is 5.89. The molecule has 132 valence electrons. The molecule has 2 saturated heterocycles. The highest BCUT2D eigenvalue weighted by Gasteiger charge is 2.24. The molecule has 1 aromatic rings. The Kier molecular flexibility index (Phi) is 6.04. The van der Waals surface area contributed by atoms with Gasteiger partial charge in [-0.05, 0) is 43.9 Å². The number of urea groups is 1. The van der Waals surface area contributed by atoms with Crippen molar-refractivity contribution in [1.82, 2.24) is 9.80 Å². The molecule has 1 N–H and O–H groups in total. The molecule has 2 heterocycles. The third-order valence-corrected chi connectivity index (χ3v) is 4.97. The molecule has 0 aromatic heterocycles. The second-order valence-corrected chi connectivity index (χ2v) is 6.58. The molecule has 0 radical (unpaired) electrons. The van der Waals surface area contributed by atoms with Crippen LogP contribution in [0.4, 0.5) is 14.9 Å². The molecule has 24 heavy (non-hydrogen) atoms. The highest BCUT2D eigenvalue weighted by Crippen LogP contribution is 2.22. The summed E-state index contributed by atoms with van der Waals surface area (Å²) in [4.78, 5) is 16.5. The van der Waals surface area contributed by atoms with Gasteiger partial charge >= 0.3 is 6.03 Å². The SMILES string of the molecule is O=C(Nc1ccccc1F)N1CCC(CCN2CCOCC2)CC1. The minimum absolute atomic E-state index is 0.202. The Morgan fingerprint density at radius 3 is 2.58 bits per heavy atom. The van der Waals surface area contributed by atoms with Crippen LogP contribution in [0.15, 0.2) is 24.3 Å². The van der Waals surface area contributed by atoms with E-state index in [1.165, 1.54) is 12.5 Å². The van der Waals surface area contributed by atoms with Crippen LogP contribution in [-0.4, -0.2) is 61.8 Å². The first-order valence-electron chi connectivity index (χ1n) is 8.83. The maximum atomic E-state index is 13.6. The van der Waals surface area contributed by atoms with Crippen molar-refractivity contribution in [2.75, 3.05) is 51.3 Å². The predicted molar refractivity (Wildman–Crippen MR) is 91.6 cm³/mol. The molecule has 6 heteroatoms. The lowest BCUT2D eigenvalue weighted by molar-refractivity contribution is 0.0340. The first-order chi connectivity index (χ1) is 11.7. The van der Waals surface area contributed by atoms with Gasteiger partial charge in [-0.2, -0.15) is 0 Å². The number of nitrogens with zero attached hydrogens (tertiary/aromatic N) is 2. The van der Waals surface area contributed by atoms with Gasteiger partial charge in [0.1, 0.15) is 5.82 Å². The molecule has 0 atom stereocenters. The van der Waals surface area contributed by atoms with E-state index >= 15 is 0 Å². The largest absolute Gasteiger partial charge is 0.379 e. The standard InChI is InChI=1S/C18H26FN3O2/c19-16-3-1-2-4-17(16)20-18(23)22-9-6-15(7-10-22)5-8-21-11-13-24-14-12-21/h1-4,15H,5-14H2,(H,20,23).